The van der Waals surface area contributed by atoms with Crippen molar-refractivity contribution < 1.29 is 9.21 Å². The summed E-state index contributed by atoms with van der Waals surface area (Å²) in [6.07, 6.45) is 5.51. The standard InChI is InChI=1S/C23H27N3O2/c1-3-6-18-15-22(20-7-4-5-8-21(20)24-18)26-12-9-17(10-13-26)25-23(27)19-11-14-28-16(19)2/h4-5,7-8,11,14-15,17H,3,6,9-10,12-13H2,1-2H3,(H,25,27). The average molecular weight is 377 g/mol. The minimum atomic E-state index is -0.0377. The molecule has 0 saturated carbocycles. The summed E-state index contributed by atoms with van der Waals surface area (Å²) in [4.78, 5) is 19.7. The summed E-state index contributed by atoms with van der Waals surface area (Å²) >= 11 is 0. The van der Waals surface area contributed by atoms with Crippen LogP contribution in [0.15, 0.2) is 47.1 Å². The number of benzene rings is 1. The Morgan fingerprint density at radius 1 is 1.25 bits per heavy atom. The smallest absolute Gasteiger partial charge is 0.255 e. The first-order valence-corrected chi connectivity index (χ1v) is 10.1. The van der Waals surface area contributed by atoms with Gasteiger partial charge in [-0.15, -0.1) is 0 Å². The molecule has 0 atom stereocenters. The lowest BCUT2D eigenvalue weighted by atomic mass is 10.0. The maximum atomic E-state index is 12.4. The molecule has 0 bridgehead atoms. The Morgan fingerprint density at radius 3 is 2.75 bits per heavy atom. The van der Waals surface area contributed by atoms with Gasteiger partial charge in [-0.25, -0.2) is 0 Å². The predicted molar refractivity (Wildman–Crippen MR) is 112 cm³/mol. The van der Waals surface area contributed by atoms with Gasteiger partial charge >= 0.3 is 0 Å². The van der Waals surface area contributed by atoms with E-state index in [1.807, 2.05) is 6.92 Å². The van der Waals surface area contributed by atoms with Crippen LogP contribution in [0.3, 0.4) is 0 Å². The first-order chi connectivity index (χ1) is 13.7. The number of para-hydroxylation sites is 1. The van der Waals surface area contributed by atoms with Gasteiger partial charge in [0.15, 0.2) is 0 Å². The number of aromatic nitrogens is 1. The summed E-state index contributed by atoms with van der Waals surface area (Å²) in [6, 6.07) is 12.6. The molecule has 1 aliphatic heterocycles. The third-order valence-corrected chi connectivity index (χ3v) is 5.53. The molecule has 5 heteroatoms. The van der Waals surface area contributed by atoms with Crippen LogP contribution in [0.2, 0.25) is 0 Å². The van der Waals surface area contributed by atoms with Gasteiger partial charge in [0.25, 0.3) is 5.91 Å². The molecule has 1 saturated heterocycles. The van der Waals surface area contributed by atoms with Crippen LogP contribution >= 0.6 is 0 Å². The maximum absolute atomic E-state index is 12.4. The molecule has 28 heavy (non-hydrogen) atoms. The van der Waals surface area contributed by atoms with E-state index in [2.05, 4.69) is 47.5 Å². The van der Waals surface area contributed by atoms with Crippen molar-refractivity contribution in [2.75, 3.05) is 18.0 Å². The highest BCUT2D eigenvalue weighted by Gasteiger charge is 2.23. The monoisotopic (exact) mass is 377 g/mol. The van der Waals surface area contributed by atoms with Crippen molar-refractivity contribution in [2.24, 2.45) is 0 Å². The van der Waals surface area contributed by atoms with E-state index in [0.717, 1.165) is 50.0 Å². The topological polar surface area (TPSA) is 58.4 Å². The molecule has 2 aromatic heterocycles. The van der Waals surface area contributed by atoms with Crippen LogP contribution < -0.4 is 10.2 Å². The summed E-state index contributed by atoms with van der Waals surface area (Å²) in [5.41, 5.74) is 4.12. The van der Waals surface area contributed by atoms with Gasteiger partial charge in [-0.05, 0) is 44.4 Å². The Bertz CT molecular complexity index is 971. The number of fused-ring (bicyclic) bond motifs is 1. The number of anilines is 1. The number of rotatable bonds is 5. The van der Waals surface area contributed by atoms with Crippen LogP contribution in [0.5, 0.6) is 0 Å². The Kier molecular flexibility index (Phi) is 5.33. The molecule has 3 aromatic rings. The van der Waals surface area contributed by atoms with Crippen molar-refractivity contribution >= 4 is 22.5 Å². The van der Waals surface area contributed by atoms with Gasteiger partial charge in [0.1, 0.15) is 5.76 Å². The Balaban J connectivity index is 1.48. The number of aryl methyl sites for hydroxylation is 2. The van der Waals surface area contributed by atoms with Gasteiger partial charge in [0.2, 0.25) is 0 Å². The van der Waals surface area contributed by atoms with Crippen LogP contribution in [0.4, 0.5) is 5.69 Å². The van der Waals surface area contributed by atoms with Gasteiger partial charge in [-0.1, -0.05) is 31.5 Å². The summed E-state index contributed by atoms with van der Waals surface area (Å²) < 4.78 is 5.25. The second-order valence-corrected chi connectivity index (χ2v) is 7.53. The van der Waals surface area contributed by atoms with E-state index in [-0.39, 0.29) is 11.9 Å². The number of nitrogens with zero attached hydrogens (tertiary/aromatic N) is 2. The minimum Gasteiger partial charge on any atom is -0.469 e. The van der Waals surface area contributed by atoms with Crippen molar-refractivity contribution in [2.45, 2.75) is 45.6 Å². The number of carbonyl (C=O) groups excluding carboxylic acids is 1. The molecule has 0 unspecified atom stereocenters. The maximum Gasteiger partial charge on any atom is 0.255 e. The van der Waals surface area contributed by atoms with Crippen LogP contribution in [-0.4, -0.2) is 30.0 Å². The van der Waals surface area contributed by atoms with Crippen LogP contribution in [0.25, 0.3) is 10.9 Å². The molecule has 3 heterocycles. The molecule has 1 aliphatic rings. The summed E-state index contributed by atoms with van der Waals surface area (Å²) in [6.45, 7) is 5.86. The van der Waals surface area contributed by atoms with E-state index >= 15 is 0 Å². The van der Waals surface area contributed by atoms with Crippen molar-refractivity contribution in [3.63, 3.8) is 0 Å². The predicted octanol–water partition coefficient (Wildman–Crippen LogP) is 4.49. The van der Waals surface area contributed by atoms with E-state index in [4.69, 9.17) is 9.40 Å². The molecule has 1 amide bonds. The Morgan fingerprint density at radius 2 is 2.04 bits per heavy atom. The molecule has 0 spiro atoms. The molecule has 1 N–H and O–H groups in total. The highest BCUT2D eigenvalue weighted by molar-refractivity contribution is 5.95. The molecular weight excluding hydrogens is 350 g/mol. The van der Waals surface area contributed by atoms with Crippen molar-refractivity contribution in [3.05, 3.63) is 59.7 Å². The summed E-state index contributed by atoms with van der Waals surface area (Å²) in [7, 11) is 0. The molecule has 1 fully saturated rings. The van der Waals surface area contributed by atoms with E-state index in [9.17, 15) is 4.79 Å². The van der Waals surface area contributed by atoms with E-state index in [1.54, 1.807) is 12.3 Å². The molecule has 146 valence electrons. The number of furan rings is 1. The molecule has 0 radical (unpaired) electrons. The number of carbonyl (C=O) groups is 1. The minimum absolute atomic E-state index is 0.0377. The van der Waals surface area contributed by atoms with Crippen LogP contribution in [-0.2, 0) is 6.42 Å². The first-order valence-electron chi connectivity index (χ1n) is 10.1. The van der Waals surface area contributed by atoms with Crippen molar-refractivity contribution in [1.82, 2.24) is 10.3 Å². The first kappa shape index (κ1) is 18.5. The molecule has 5 nitrogen and oxygen atoms in total. The van der Waals surface area contributed by atoms with Crippen molar-refractivity contribution in [3.8, 4) is 0 Å². The lowest BCUT2D eigenvalue weighted by Crippen LogP contribution is -2.44. The summed E-state index contributed by atoms with van der Waals surface area (Å²) in [5.74, 6) is 0.630. The average Bonchev–Trinajstić information content (AvgIpc) is 3.14. The Labute approximate surface area is 165 Å². The Hall–Kier alpha value is -2.82. The largest absolute Gasteiger partial charge is 0.469 e. The number of piperidine rings is 1. The molecule has 4 rings (SSSR count). The number of hydrogen-bond donors (Lipinski definition) is 1. The number of pyridine rings is 1. The zero-order valence-electron chi connectivity index (χ0n) is 16.6. The number of amides is 1. The third-order valence-electron chi connectivity index (χ3n) is 5.53. The summed E-state index contributed by atoms with van der Waals surface area (Å²) in [5, 5.41) is 4.37. The highest BCUT2D eigenvalue weighted by Crippen LogP contribution is 2.29. The van der Waals surface area contributed by atoms with Crippen LogP contribution in [0.1, 0.15) is 48.0 Å². The fourth-order valence-corrected chi connectivity index (χ4v) is 4.00. The third kappa shape index (κ3) is 3.75. The second kappa shape index (κ2) is 8.05. The second-order valence-electron chi connectivity index (χ2n) is 7.53. The molecule has 1 aromatic carbocycles. The van der Waals surface area contributed by atoms with Gasteiger partial charge in [0, 0.05) is 35.9 Å². The zero-order valence-corrected chi connectivity index (χ0v) is 16.6. The number of nitrogens with one attached hydrogen (secondary N) is 1. The van der Waals surface area contributed by atoms with E-state index in [1.165, 1.54) is 11.1 Å². The highest BCUT2D eigenvalue weighted by atomic mass is 16.3. The van der Waals surface area contributed by atoms with E-state index < -0.39 is 0 Å². The molecule has 0 aliphatic carbocycles. The lowest BCUT2D eigenvalue weighted by Gasteiger charge is -2.34. The zero-order chi connectivity index (χ0) is 19.5. The fraction of sp³-hybridized carbons (Fsp3) is 0.391. The lowest BCUT2D eigenvalue weighted by molar-refractivity contribution is 0.0929. The van der Waals surface area contributed by atoms with Gasteiger partial charge in [-0.3, -0.25) is 9.78 Å². The molecular formula is C23H27N3O2. The van der Waals surface area contributed by atoms with Gasteiger partial charge in [0.05, 0.1) is 17.3 Å². The SMILES string of the molecule is CCCc1cc(N2CCC(NC(=O)c3ccoc3C)CC2)c2ccccc2n1. The normalized spacial score (nSPS) is 15.1. The van der Waals surface area contributed by atoms with Crippen LogP contribution in [0, 0.1) is 6.92 Å². The van der Waals surface area contributed by atoms with Crippen molar-refractivity contribution in [1.29, 1.82) is 0 Å². The fourth-order valence-electron chi connectivity index (χ4n) is 4.00. The quantitative estimate of drug-likeness (QED) is 0.712. The number of hydrogen-bond acceptors (Lipinski definition) is 4. The van der Waals surface area contributed by atoms with Gasteiger partial charge in [-0.2, -0.15) is 0 Å². The van der Waals surface area contributed by atoms with E-state index in [0.29, 0.717) is 11.3 Å². The van der Waals surface area contributed by atoms with Gasteiger partial charge < -0.3 is 14.6 Å².